The molecule has 0 radical (unpaired) electrons. The molecule has 5 rings (SSSR count). The molecule has 0 spiro atoms. The molecule has 0 aliphatic heterocycles. The first-order valence-electron chi connectivity index (χ1n) is 16.9. The number of rotatable bonds is 11. The Balaban J connectivity index is 1.27. The predicted octanol–water partition coefficient (Wildman–Crippen LogP) is 10.4. The lowest BCUT2D eigenvalue weighted by molar-refractivity contribution is 0.484. The second-order valence-electron chi connectivity index (χ2n) is 13.3. The summed E-state index contributed by atoms with van der Waals surface area (Å²) >= 11 is 0. The maximum absolute atomic E-state index is 2.56. The lowest BCUT2D eigenvalue weighted by Gasteiger charge is -2.40. The van der Waals surface area contributed by atoms with Gasteiger partial charge < -0.3 is 0 Å². The van der Waals surface area contributed by atoms with Gasteiger partial charge in [0.25, 0.3) is 0 Å². The van der Waals surface area contributed by atoms with E-state index in [0.29, 0.717) is 0 Å². The van der Waals surface area contributed by atoms with Crippen LogP contribution in [-0.2, 0) is 0 Å². The van der Waals surface area contributed by atoms with Gasteiger partial charge in [-0.15, -0.1) is 15.8 Å². The van der Waals surface area contributed by atoms with Crippen LogP contribution in [-0.4, -0.2) is 43.8 Å². The molecule has 0 bridgehead atoms. The minimum absolute atomic E-state index is 0.270. The van der Waals surface area contributed by atoms with Crippen LogP contribution in [0, 0.1) is 0 Å². The quantitative estimate of drug-likeness (QED) is 0.188. The van der Waals surface area contributed by atoms with Crippen molar-refractivity contribution in [2.24, 2.45) is 0 Å². The monoisotopic (exact) mass is 556 g/mol. The summed E-state index contributed by atoms with van der Waals surface area (Å²) < 4.78 is 0. The van der Waals surface area contributed by atoms with Crippen LogP contribution in [0.1, 0.15) is 128 Å². The van der Waals surface area contributed by atoms with Gasteiger partial charge in [-0.2, -0.15) is 0 Å². The molecule has 0 amide bonds. The van der Waals surface area contributed by atoms with Crippen LogP contribution in [0.3, 0.4) is 0 Å². The maximum atomic E-state index is 2.56. The highest BCUT2D eigenvalue weighted by atomic mass is 31.1. The summed E-state index contributed by atoms with van der Waals surface area (Å²) in [5, 5.41) is 1.83. The van der Waals surface area contributed by atoms with E-state index in [2.05, 4.69) is 30.3 Å². The topological polar surface area (TPSA) is 0 Å². The van der Waals surface area contributed by atoms with Crippen LogP contribution in [0.15, 0.2) is 30.3 Å². The first-order chi connectivity index (χ1) is 18.4. The van der Waals surface area contributed by atoms with Gasteiger partial charge in [0.05, 0.1) is 8.80 Å². The van der Waals surface area contributed by atoms with Gasteiger partial charge in [-0.05, 0) is 86.3 Å². The third kappa shape index (κ3) is 8.64. The third-order valence-corrected chi connectivity index (χ3v) is 22.6. The molecule has 208 valence electrons. The average Bonchev–Trinajstić information content (AvgIpc) is 2.99. The zero-order chi connectivity index (χ0) is 25.1. The second-order valence-corrected chi connectivity index (χ2v) is 22.4. The van der Waals surface area contributed by atoms with Crippen LogP contribution >= 0.6 is 15.8 Å². The van der Waals surface area contributed by atoms with Gasteiger partial charge in [-0.1, -0.05) is 125 Å². The van der Waals surface area contributed by atoms with Crippen LogP contribution in [0.25, 0.3) is 0 Å². The average molecular weight is 557 g/mol. The smallest absolute Gasteiger partial charge is 0.0715 e. The summed E-state index contributed by atoms with van der Waals surface area (Å²) in [6.45, 7) is 0. The Kier molecular flexibility index (Phi) is 12.4. The lowest BCUT2D eigenvalue weighted by atomic mass is 9.99. The second kappa shape index (κ2) is 15.9. The number of hydrogen-bond donors (Lipinski definition) is 0. The highest BCUT2D eigenvalue weighted by Crippen LogP contribution is 2.58. The van der Waals surface area contributed by atoms with Crippen LogP contribution < -0.4 is 5.19 Å². The van der Waals surface area contributed by atoms with E-state index < -0.39 is 8.80 Å². The zero-order valence-electron chi connectivity index (χ0n) is 24.1. The molecule has 0 saturated heterocycles. The van der Waals surface area contributed by atoms with Gasteiger partial charge in [0.15, 0.2) is 0 Å². The van der Waals surface area contributed by atoms with Crippen molar-refractivity contribution < 1.29 is 0 Å². The minimum atomic E-state index is -0.889. The molecule has 0 nitrogen and oxygen atoms in total. The van der Waals surface area contributed by atoms with Gasteiger partial charge in [0.1, 0.15) is 0 Å². The fourth-order valence-electron chi connectivity index (χ4n) is 8.79. The van der Waals surface area contributed by atoms with Gasteiger partial charge in [-0.3, -0.25) is 0 Å². The van der Waals surface area contributed by atoms with Crippen molar-refractivity contribution in [1.29, 1.82) is 0 Å². The molecule has 0 N–H and O–H groups in total. The van der Waals surface area contributed by atoms with E-state index in [-0.39, 0.29) is 15.8 Å². The molecule has 1 aromatic carbocycles. The Labute approximate surface area is 235 Å². The Morgan fingerprint density at radius 3 is 1.11 bits per heavy atom. The van der Waals surface area contributed by atoms with Crippen molar-refractivity contribution in [3.05, 3.63) is 30.3 Å². The molecule has 0 unspecified atom stereocenters. The van der Waals surface area contributed by atoms with Gasteiger partial charge in [0.2, 0.25) is 0 Å². The summed E-state index contributed by atoms with van der Waals surface area (Å²) in [6, 6.07) is 15.4. The van der Waals surface area contributed by atoms with Crippen molar-refractivity contribution in [3.63, 3.8) is 0 Å². The third-order valence-electron chi connectivity index (χ3n) is 10.9. The highest BCUT2D eigenvalue weighted by molar-refractivity contribution is 7.59. The van der Waals surface area contributed by atoms with Crippen molar-refractivity contribution in [2.45, 2.75) is 163 Å². The molecule has 4 fully saturated rings. The number of hydrogen-bond acceptors (Lipinski definition) is 0. The Hall–Kier alpha value is 0.297. The predicted molar refractivity (Wildman–Crippen MR) is 174 cm³/mol. The Morgan fingerprint density at radius 1 is 0.459 bits per heavy atom. The molecule has 4 aliphatic rings. The van der Waals surface area contributed by atoms with E-state index in [0.717, 1.165) is 22.6 Å². The summed E-state index contributed by atoms with van der Waals surface area (Å²) in [5.74, 6) is 0. The number of benzene rings is 1. The van der Waals surface area contributed by atoms with E-state index in [1.54, 1.807) is 127 Å². The SMILES string of the molecule is c1ccc([SiH](CCP(C2CCCCC2)C2CCCCC2)CCP(C2CCCCC2)C2CCCCC2)cc1. The van der Waals surface area contributed by atoms with Gasteiger partial charge in [-0.25, -0.2) is 0 Å². The molecule has 4 saturated carbocycles. The first-order valence-corrected chi connectivity index (χ1v) is 22.5. The molecule has 1 aromatic rings. The maximum Gasteiger partial charge on any atom is 0.0715 e. The molecular weight excluding hydrogens is 498 g/mol. The highest BCUT2D eigenvalue weighted by Gasteiger charge is 2.34. The van der Waals surface area contributed by atoms with E-state index in [1.807, 2.05) is 5.19 Å². The molecule has 0 atom stereocenters. The lowest BCUT2D eigenvalue weighted by Crippen LogP contribution is -2.33. The molecule has 4 aliphatic carbocycles. The Bertz CT molecular complexity index is 649. The first kappa shape index (κ1) is 28.8. The normalized spacial score (nSPS) is 23.9. The Morgan fingerprint density at radius 2 is 0.784 bits per heavy atom. The van der Waals surface area contributed by atoms with Crippen molar-refractivity contribution >= 4 is 29.8 Å². The zero-order valence-corrected chi connectivity index (χ0v) is 27.1. The van der Waals surface area contributed by atoms with E-state index in [4.69, 9.17) is 0 Å². The van der Waals surface area contributed by atoms with Gasteiger partial charge >= 0.3 is 0 Å². The fourth-order valence-corrected chi connectivity index (χ4v) is 22.2. The van der Waals surface area contributed by atoms with Crippen LogP contribution in [0.2, 0.25) is 12.1 Å². The molecule has 37 heavy (non-hydrogen) atoms. The van der Waals surface area contributed by atoms with Crippen LogP contribution in [0.5, 0.6) is 0 Å². The summed E-state index contributed by atoms with van der Waals surface area (Å²) in [6.07, 6.45) is 34.5. The van der Waals surface area contributed by atoms with E-state index in [1.165, 1.54) is 25.7 Å². The van der Waals surface area contributed by atoms with E-state index >= 15 is 0 Å². The largest absolute Gasteiger partial charge is 0.101 e. The van der Waals surface area contributed by atoms with Crippen molar-refractivity contribution in [3.8, 4) is 0 Å². The minimum Gasteiger partial charge on any atom is -0.101 e. The summed E-state index contributed by atoms with van der Waals surface area (Å²) in [5.41, 5.74) is 4.55. The van der Waals surface area contributed by atoms with Gasteiger partial charge in [0, 0.05) is 0 Å². The molecule has 3 heteroatoms. The standard InChI is InChI=1S/C34H58P2Si/c1-6-16-30(17-7-1)35(31-18-8-2-9-19-31)26-28-37(34-24-14-5-15-25-34)29-27-36(32-20-10-3-11-21-32)33-22-12-4-13-23-33/h5,14-15,24-25,30-33,37H,1-4,6-13,16-23,26-29H2. The summed E-state index contributed by atoms with van der Waals surface area (Å²) in [7, 11) is -0.349. The summed E-state index contributed by atoms with van der Waals surface area (Å²) in [4.78, 5) is 0. The molecule has 0 aromatic heterocycles. The molecular formula is C34H58P2Si. The van der Waals surface area contributed by atoms with Crippen molar-refractivity contribution in [1.82, 2.24) is 0 Å². The van der Waals surface area contributed by atoms with E-state index in [9.17, 15) is 0 Å². The molecule has 0 heterocycles. The van der Waals surface area contributed by atoms with Crippen molar-refractivity contribution in [2.75, 3.05) is 12.3 Å². The fraction of sp³-hybridized carbons (Fsp3) is 0.824. The van der Waals surface area contributed by atoms with Crippen LogP contribution in [0.4, 0.5) is 0 Å².